The normalized spacial score (nSPS) is 18.4. The minimum atomic E-state index is 0.444. The van der Waals surface area contributed by atoms with Crippen molar-refractivity contribution in [3.8, 4) is 0 Å². The van der Waals surface area contributed by atoms with Crippen LogP contribution in [0.5, 0.6) is 0 Å². The molecule has 1 nitrogen and oxygen atoms in total. The van der Waals surface area contributed by atoms with Crippen LogP contribution >= 0.6 is 12.6 Å². The van der Waals surface area contributed by atoms with Crippen LogP contribution in [0, 0.1) is 0 Å². The standard InChI is InChI=1S/C5H9Si.CH2OS/c6-5-3-1-2-4-5;2-1-3/h5H,1-4H2;1H,(H,2,3). The third kappa shape index (κ3) is 6.12. The molecule has 1 aliphatic carbocycles. The summed E-state index contributed by atoms with van der Waals surface area (Å²) in [6, 6.07) is 0. The average molecular weight is 159 g/mol. The number of hydrogen-bond acceptors (Lipinski definition) is 1. The van der Waals surface area contributed by atoms with Gasteiger partial charge in [-0.3, -0.25) is 4.79 Å². The molecule has 0 aromatic heterocycles. The van der Waals surface area contributed by atoms with Crippen LogP contribution in [0.25, 0.3) is 0 Å². The van der Waals surface area contributed by atoms with E-state index in [9.17, 15) is 0 Å². The first-order valence-electron chi connectivity index (χ1n) is 3.10. The maximum Gasteiger partial charge on any atom is 0.173 e. The molecule has 0 aromatic rings. The Hall–Kier alpha value is 0.237. The van der Waals surface area contributed by atoms with Crippen LogP contribution in [0.4, 0.5) is 0 Å². The molecule has 51 valence electrons. The number of rotatable bonds is 0. The molecule has 0 heterocycles. The number of hydrogen-bond donors (Lipinski definition) is 1. The molecule has 0 unspecified atom stereocenters. The Kier molecular flexibility index (Phi) is 6.53. The molecular formula is C6H11OSSi. The average Bonchev–Trinajstić information content (AvgIpc) is 2.20. The zero-order chi connectivity index (χ0) is 7.11. The molecule has 0 saturated heterocycles. The summed E-state index contributed by atoms with van der Waals surface area (Å²) < 4.78 is 0. The SMILES string of the molecule is O=CS.[Si]C1CCCC1. The highest BCUT2D eigenvalue weighted by molar-refractivity contribution is 7.94. The second-order valence-corrected chi connectivity index (χ2v) is 3.11. The van der Waals surface area contributed by atoms with Crippen LogP contribution < -0.4 is 0 Å². The Bertz CT molecular complexity index is 71.5. The van der Waals surface area contributed by atoms with Gasteiger partial charge in [-0.15, -0.1) is 12.6 Å². The molecule has 1 fully saturated rings. The predicted molar refractivity (Wildman–Crippen MR) is 43.7 cm³/mol. The minimum Gasteiger partial charge on any atom is -0.291 e. The second-order valence-electron chi connectivity index (χ2n) is 2.09. The van der Waals surface area contributed by atoms with E-state index in [4.69, 9.17) is 4.79 Å². The monoisotopic (exact) mass is 159 g/mol. The van der Waals surface area contributed by atoms with Crippen molar-refractivity contribution in [3.05, 3.63) is 0 Å². The summed E-state index contributed by atoms with van der Waals surface area (Å²) in [5.41, 5.74) is 1.30. The van der Waals surface area contributed by atoms with Gasteiger partial charge >= 0.3 is 0 Å². The van der Waals surface area contributed by atoms with E-state index in [1.165, 1.54) is 25.7 Å². The van der Waals surface area contributed by atoms with Gasteiger partial charge in [0.1, 0.15) is 0 Å². The van der Waals surface area contributed by atoms with Crippen molar-refractivity contribution in [3.63, 3.8) is 0 Å². The highest BCUT2D eigenvalue weighted by Gasteiger charge is 2.07. The zero-order valence-electron chi connectivity index (χ0n) is 5.34. The lowest BCUT2D eigenvalue weighted by Crippen LogP contribution is -1.77. The van der Waals surface area contributed by atoms with Crippen molar-refractivity contribution in [1.29, 1.82) is 0 Å². The fourth-order valence-electron chi connectivity index (χ4n) is 0.926. The number of carbonyl (C=O) groups excluding carboxylic acids is 1. The fourth-order valence-corrected chi connectivity index (χ4v) is 1.33. The molecule has 1 aliphatic rings. The van der Waals surface area contributed by atoms with E-state index in [0.29, 0.717) is 5.62 Å². The molecule has 1 saturated carbocycles. The topological polar surface area (TPSA) is 17.1 Å². The van der Waals surface area contributed by atoms with Crippen molar-refractivity contribution in [2.75, 3.05) is 0 Å². The zero-order valence-corrected chi connectivity index (χ0v) is 7.23. The molecule has 3 heteroatoms. The lowest BCUT2D eigenvalue weighted by atomic mass is 10.4. The summed E-state index contributed by atoms with van der Waals surface area (Å²) in [5.74, 6) is 0. The molecule has 0 bridgehead atoms. The highest BCUT2D eigenvalue weighted by Crippen LogP contribution is 2.26. The van der Waals surface area contributed by atoms with Crippen molar-refractivity contribution in [1.82, 2.24) is 0 Å². The van der Waals surface area contributed by atoms with Gasteiger partial charge in [0.2, 0.25) is 0 Å². The first-order valence-corrected chi connectivity index (χ1v) is 4.19. The maximum atomic E-state index is 8.67. The smallest absolute Gasteiger partial charge is 0.173 e. The molecule has 0 amide bonds. The summed E-state index contributed by atoms with van der Waals surface area (Å²) in [6.45, 7) is 0. The summed E-state index contributed by atoms with van der Waals surface area (Å²) in [4.78, 5) is 8.67. The molecule has 3 radical (unpaired) electrons. The van der Waals surface area contributed by atoms with Gasteiger partial charge in [0.05, 0.1) is 0 Å². The van der Waals surface area contributed by atoms with Crippen LogP contribution in [-0.4, -0.2) is 15.9 Å². The van der Waals surface area contributed by atoms with Gasteiger partial charge in [-0.25, -0.2) is 0 Å². The van der Waals surface area contributed by atoms with Crippen LogP contribution in [0.15, 0.2) is 0 Å². The minimum absolute atomic E-state index is 0.444. The maximum absolute atomic E-state index is 8.67. The Labute approximate surface area is 65.1 Å². The molecule has 1 rings (SSSR count). The van der Waals surface area contributed by atoms with Crippen molar-refractivity contribution in [2.45, 2.75) is 31.2 Å². The van der Waals surface area contributed by atoms with Crippen LogP contribution in [-0.2, 0) is 4.79 Å². The third-order valence-electron chi connectivity index (χ3n) is 1.36. The molecule has 0 atom stereocenters. The Balaban J connectivity index is 0.000000187. The summed E-state index contributed by atoms with van der Waals surface area (Å²) >= 11 is 3.11. The molecule has 0 aromatic carbocycles. The molecular weight excluding hydrogens is 148 g/mol. The molecule has 9 heavy (non-hydrogen) atoms. The fraction of sp³-hybridized carbons (Fsp3) is 0.833. The van der Waals surface area contributed by atoms with Crippen molar-refractivity contribution in [2.24, 2.45) is 0 Å². The van der Waals surface area contributed by atoms with Gasteiger partial charge in [0.25, 0.3) is 0 Å². The second kappa shape index (κ2) is 6.36. The predicted octanol–water partition coefficient (Wildman–Crippen LogP) is 1.62. The molecule has 0 spiro atoms. The quantitative estimate of drug-likeness (QED) is 0.323. The third-order valence-corrected chi connectivity index (χ3v) is 1.93. The van der Waals surface area contributed by atoms with Gasteiger partial charge in [-0.05, 0) is 0 Å². The van der Waals surface area contributed by atoms with E-state index < -0.39 is 0 Å². The van der Waals surface area contributed by atoms with Crippen LogP contribution in [0.2, 0.25) is 5.54 Å². The largest absolute Gasteiger partial charge is 0.291 e. The van der Waals surface area contributed by atoms with Crippen molar-refractivity contribution >= 4 is 28.5 Å². The highest BCUT2D eigenvalue weighted by atomic mass is 32.1. The van der Waals surface area contributed by atoms with E-state index in [1.54, 1.807) is 0 Å². The summed E-state index contributed by atoms with van der Waals surface area (Å²) in [6.07, 6.45) is 5.68. The first-order chi connectivity index (χ1) is 4.31. The lowest BCUT2D eigenvalue weighted by Gasteiger charge is -1.90. The molecule has 0 aliphatic heterocycles. The number of thiol groups is 1. The van der Waals surface area contributed by atoms with Gasteiger partial charge in [-0.1, -0.05) is 31.2 Å². The van der Waals surface area contributed by atoms with Gasteiger partial charge in [0.15, 0.2) is 5.62 Å². The van der Waals surface area contributed by atoms with Gasteiger partial charge in [0, 0.05) is 10.2 Å². The van der Waals surface area contributed by atoms with E-state index in [-0.39, 0.29) is 0 Å². The van der Waals surface area contributed by atoms with E-state index in [2.05, 4.69) is 22.9 Å². The van der Waals surface area contributed by atoms with Gasteiger partial charge < -0.3 is 0 Å². The van der Waals surface area contributed by atoms with Crippen LogP contribution in [0.1, 0.15) is 25.7 Å². The summed E-state index contributed by atoms with van der Waals surface area (Å²) in [5, 5.41) is 0. The number of carbonyl (C=O) groups is 1. The Morgan fingerprint density at radius 1 is 1.44 bits per heavy atom. The Morgan fingerprint density at radius 2 is 1.78 bits per heavy atom. The lowest BCUT2D eigenvalue weighted by molar-refractivity contribution is 0.570. The van der Waals surface area contributed by atoms with E-state index >= 15 is 0 Å². The van der Waals surface area contributed by atoms with Crippen molar-refractivity contribution < 1.29 is 4.79 Å². The first kappa shape index (κ1) is 9.24. The molecule has 0 N–H and O–H groups in total. The van der Waals surface area contributed by atoms with Crippen LogP contribution in [0.3, 0.4) is 0 Å². The van der Waals surface area contributed by atoms with E-state index in [1.807, 2.05) is 0 Å². The summed E-state index contributed by atoms with van der Waals surface area (Å²) in [7, 11) is 3.58. The Morgan fingerprint density at radius 3 is 1.89 bits per heavy atom. The van der Waals surface area contributed by atoms with E-state index in [0.717, 1.165) is 5.54 Å². The van der Waals surface area contributed by atoms with Gasteiger partial charge in [-0.2, -0.15) is 0 Å².